The van der Waals surface area contributed by atoms with E-state index in [9.17, 15) is 4.79 Å². The van der Waals surface area contributed by atoms with Gasteiger partial charge < -0.3 is 9.84 Å². The highest BCUT2D eigenvalue weighted by molar-refractivity contribution is 5.92. The van der Waals surface area contributed by atoms with Gasteiger partial charge in [-0.05, 0) is 25.0 Å². The fourth-order valence-corrected chi connectivity index (χ4v) is 1.57. The van der Waals surface area contributed by atoms with Gasteiger partial charge in [0.2, 0.25) is 5.76 Å². The molecule has 1 aromatic heterocycles. The molecule has 0 aliphatic heterocycles. The van der Waals surface area contributed by atoms with Crippen LogP contribution in [-0.4, -0.2) is 11.1 Å². The van der Waals surface area contributed by atoms with Gasteiger partial charge in [-0.25, -0.2) is 0 Å². The molecule has 0 aliphatic rings. The number of aryl methyl sites for hydroxylation is 2. The first-order chi connectivity index (χ1) is 8.18. The Morgan fingerprint density at radius 3 is 2.71 bits per heavy atom. The lowest BCUT2D eigenvalue weighted by Gasteiger charge is -2.06. The maximum atomic E-state index is 11.8. The summed E-state index contributed by atoms with van der Waals surface area (Å²) in [6.45, 7) is 4.30. The number of rotatable bonds is 3. The van der Waals surface area contributed by atoms with Gasteiger partial charge in [-0.15, -0.1) is 0 Å². The topological polar surface area (TPSA) is 55.1 Å². The molecule has 0 unspecified atom stereocenters. The van der Waals surface area contributed by atoms with Gasteiger partial charge in [-0.1, -0.05) is 29.4 Å². The first-order valence-corrected chi connectivity index (χ1v) is 5.42. The van der Waals surface area contributed by atoms with Crippen LogP contribution in [0.25, 0.3) is 0 Å². The molecule has 0 saturated carbocycles. The molecule has 2 aromatic rings. The summed E-state index contributed by atoms with van der Waals surface area (Å²) in [5, 5.41) is 6.39. The molecule has 1 amide bonds. The number of nitrogens with zero attached hydrogens (tertiary/aromatic N) is 1. The molecule has 0 fully saturated rings. The van der Waals surface area contributed by atoms with E-state index in [4.69, 9.17) is 4.52 Å². The van der Waals surface area contributed by atoms with Crippen molar-refractivity contribution in [2.75, 3.05) is 0 Å². The second-order valence-electron chi connectivity index (χ2n) is 3.95. The minimum absolute atomic E-state index is 0.233. The molecule has 0 atom stereocenters. The predicted molar refractivity (Wildman–Crippen MR) is 63.6 cm³/mol. The molecule has 1 heterocycles. The van der Waals surface area contributed by atoms with Crippen molar-refractivity contribution in [2.24, 2.45) is 0 Å². The molecular formula is C13H14N2O2. The predicted octanol–water partition coefficient (Wildman–Crippen LogP) is 2.22. The van der Waals surface area contributed by atoms with E-state index < -0.39 is 0 Å². The summed E-state index contributed by atoms with van der Waals surface area (Å²) in [4.78, 5) is 11.8. The standard InChI is InChI=1S/C13H14N2O2/c1-9-5-3-4-6-11(9)8-14-13(16)12-10(2)7-15-17-12/h3-7H,8H2,1-2H3,(H,14,16). The first kappa shape index (κ1) is 11.4. The second kappa shape index (κ2) is 4.82. The summed E-state index contributed by atoms with van der Waals surface area (Å²) in [5.41, 5.74) is 2.99. The van der Waals surface area contributed by atoms with E-state index in [1.54, 1.807) is 6.92 Å². The van der Waals surface area contributed by atoms with Crippen molar-refractivity contribution in [3.05, 3.63) is 52.9 Å². The Hall–Kier alpha value is -2.10. The zero-order chi connectivity index (χ0) is 12.3. The zero-order valence-electron chi connectivity index (χ0n) is 9.86. The highest BCUT2D eigenvalue weighted by Crippen LogP contribution is 2.08. The third kappa shape index (κ3) is 2.53. The highest BCUT2D eigenvalue weighted by atomic mass is 16.5. The quantitative estimate of drug-likeness (QED) is 0.879. The van der Waals surface area contributed by atoms with Gasteiger partial charge in [0.1, 0.15) is 0 Å². The van der Waals surface area contributed by atoms with Crippen LogP contribution in [0.2, 0.25) is 0 Å². The molecule has 0 radical (unpaired) electrons. The van der Waals surface area contributed by atoms with Crippen LogP contribution < -0.4 is 5.32 Å². The third-order valence-electron chi connectivity index (χ3n) is 2.66. The smallest absolute Gasteiger partial charge is 0.290 e. The number of nitrogens with one attached hydrogen (secondary N) is 1. The molecule has 2 rings (SSSR count). The van der Waals surface area contributed by atoms with Gasteiger partial charge in [-0.2, -0.15) is 0 Å². The summed E-state index contributed by atoms with van der Waals surface area (Å²) >= 11 is 0. The van der Waals surface area contributed by atoms with Crippen LogP contribution in [0, 0.1) is 13.8 Å². The molecule has 1 aromatic carbocycles. The molecule has 4 heteroatoms. The third-order valence-corrected chi connectivity index (χ3v) is 2.66. The largest absolute Gasteiger partial charge is 0.351 e. The Kier molecular flexibility index (Phi) is 3.23. The number of carbonyl (C=O) groups is 1. The van der Waals surface area contributed by atoms with E-state index in [1.165, 1.54) is 6.20 Å². The Morgan fingerprint density at radius 1 is 1.29 bits per heavy atom. The molecule has 4 nitrogen and oxygen atoms in total. The minimum Gasteiger partial charge on any atom is -0.351 e. The van der Waals surface area contributed by atoms with Gasteiger partial charge >= 0.3 is 0 Å². The molecule has 0 saturated heterocycles. The lowest BCUT2D eigenvalue weighted by molar-refractivity contribution is 0.0913. The van der Waals surface area contributed by atoms with E-state index in [1.807, 2.05) is 31.2 Å². The molecule has 88 valence electrons. The van der Waals surface area contributed by atoms with Crippen molar-refractivity contribution < 1.29 is 9.32 Å². The SMILES string of the molecule is Cc1ccccc1CNC(=O)c1oncc1C. The number of amides is 1. The van der Waals surface area contributed by atoms with Gasteiger partial charge in [0.05, 0.1) is 6.20 Å². The Labute approximate surface area is 99.6 Å². The van der Waals surface area contributed by atoms with E-state index in [0.29, 0.717) is 6.54 Å². The van der Waals surface area contributed by atoms with Crippen LogP contribution in [0.3, 0.4) is 0 Å². The molecule has 0 aliphatic carbocycles. The normalized spacial score (nSPS) is 10.2. The second-order valence-corrected chi connectivity index (χ2v) is 3.95. The van der Waals surface area contributed by atoms with Crippen LogP contribution >= 0.6 is 0 Å². The average molecular weight is 230 g/mol. The summed E-state index contributed by atoms with van der Waals surface area (Å²) in [6.07, 6.45) is 1.53. The monoisotopic (exact) mass is 230 g/mol. The van der Waals surface area contributed by atoms with Crippen LogP contribution in [0.1, 0.15) is 27.2 Å². The van der Waals surface area contributed by atoms with E-state index >= 15 is 0 Å². The Bertz CT molecular complexity index is 532. The fraction of sp³-hybridized carbons (Fsp3) is 0.231. The Balaban J connectivity index is 2.02. The molecule has 0 bridgehead atoms. The highest BCUT2D eigenvalue weighted by Gasteiger charge is 2.13. The van der Waals surface area contributed by atoms with Crippen molar-refractivity contribution >= 4 is 5.91 Å². The maximum absolute atomic E-state index is 11.8. The van der Waals surface area contributed by atoms with Gasteiger partial charge in [0.25, 0.3) is 5.91 Å². The van der Waals surface area contributed by atoms with Gasteiger partial charge in [-0.3, -0.25) is 4.79 Å². The lowest BCUT2D eigenvalue weighted by atomic mass is 10.1. The lowest BCUT2D eigenvalue weighted by Crippen LogP contribution is -2.23. The van der Waals surface area contributed by atoms with Gasteiger partial charge in [0, 0.05) is 12.1 Å². The summed E-state index contributed by atoms with van der Waals surface area (Å²) < 4.78 is 4.88. The van der Waals surface area contributed by atoms with Crippen LogP contribution in [-0.2, 0) is 6.54 Å². The summed E-state index contributed by atoms with van der Waals surface area (Å²) in [6, 6.07) is 7.93. The van der Waals surface area contributed by atoms with Crippen molar-refractivity contribution in [3.63, 3.8) is 0 Å². The van der Waals surface area contributed by atoms with Crippen molar-refractivity contribution in [1.82, 2.24) is 10.5 Å². The van der Waals surface area contributed by atoms with Crippen molar-refractivity contribution in [1.29, 1.82) is 0 Å². The summed E-state index contributed by atoms with van der Waals surface area (Å²) in [7, 11) is 0. The average Bonchev–Trinajstić information content (AvgIpc) is 2.74. The number of aromatic nitrogens is 1. The molecule has 1 N–H and O–H groups in total. The first-order valence-electron chi connectivity index (χ1n) is 5.42. The zero-order valence-corrected chi connectivity index (χ0v) is 9.86. The number of benzene rings is 1. The van der Waals surface area contributed by atoms with Gasteiger partial charge in [0.15, 0.2) is 0 Å². The maximum Gasteiger partial charge on any atom is 0.290 e. The summed E-state index contributed by atoms with van der Waals surface area (Å²) in [5.74, 6) is 0.0434. The van der Waals surface area contributed by atoms with Crippen molar-refractivity contribution in [2.45, 2.75) is 20.4 Å². The number of carbonyl (C=O) groups excluding carboxylic acids is 1. The van der Waals surface area contributed by atoms with E-state index in [0.717, 1.165) is 16.7 Å². The number of hydrogen-bond donors (Lipinski definition) is 1. The van der Waals surface area contributed by atoms with Crippen LogP contribution in [0.5, 0.6) is 0 Å². The van der Waals surface area contributed by atoms with E-state index in [2.05, 4.69) is 10.5 Å². The van der Waals surface area contributed by atoms with Crippen molar-refractivity contribution in [3.8, 4) is 0 Å². The Morgan fingerprint density at radius 2 is 2.06 bits per heavy atom. The molecule has 17 heavy (non-hydrogen) atoms. The molecule has 0 spiro atoms. The number of hydrogen-bond acceptors (Lipinski definition) is 3. The molecular weight excluding hydrogens is 216 g/mol. The fourth-order valence-electron chi connectivity index (χ4n) is 1.57. The van der Waals surface area contributed by atoms with Crippen LogP contribution in [0.4, 0.5) is 0 Å². The minimum atomic E-state index is -0.233. The van der Waals surface area contributed by atoms with E-state index in [-0.39, 0.29) is 11.7 Å². The van der Waals surface area contributed by atoms with Crippen LogP contribution in [0.15, 0.2) is 35.0 Å².